The molecule has 0 unspecified atom stereocenters. The van der Waals surface area contributed by atoms with Crippen molar-refractivity contribution in [2.24, 2.45) is 0 Å². The molecular formula is C37H52BrO2P. The van der Waals surface area contributed by atoms with Crippen molar-refractivity contribution in [1.29, 1.82) is 0 Å². The van der Waals surface area contributed by atoms with Crippen molar-refractivity contribution in [3.8, 4) is 0 Å². The second-order valence-corrected chi connectivity index (χ2v) is 20.8. The Hall–Kier alpha value is -1.96. The van der Waals surface area contributed by atoms with Gasteiger partial charge in [-0.1, -0.05) is 25.7 Å². The number of carboxylic acid groups (broad SMARTS) is 1. The van der Waals surface area contributed by atoms with Gasteiger partial charge in [0.1, 0.15) is 0 Å². The molecule has 0 heterocycles. The molecule has 0 radical (unpaired) electrons. The Labute approximate surface area is 258 Å². The molecule has 0 bridgehead atoms. The zero-order valence-electron chi connectivity index (χ0n) is 25.1. The molecule has 3 aromatic rings. The molecular weight excluding hydrogens is 587 g/mol. The number of benzene rings is 3. The Kier molecular flexibility index (Phi) is 15.2. The summed E-state index contributed by atoms with van der Waals surface area (Å²) in [5, 5.41) is 10.2. The summed E-state index contributed by atoms with van der Waals surface area (Å²) in [5.74, 6) is -0.661. The van der Waals surface area contributed by atoms with Crippen LogP contribution in [0.25, 0.3) is 0 Å². The van der Waals surface area contributed by atoms with Crippen LogP contribution in [-0.2, 0) is 4.79 Å². The zero-order chi connectivity index (χ0) is 29.1. The van der Waals surface area contributed by atoms with E-state index in [2.05, 4.69) is 106 Å². The fourth-order valence-electron chi connectivity index (χ4n) is 6.21. The summed E-state index contributed by atoms with van der Waals surface area (Å²) in [6.45, 7) is 0. The third-order valence-corrected chi connectivity index (χ3v) is 18.6. The standard InChI is InChI=1S/C37H52BrO2P/c38-41(34-26-18-15-19-27-34,35-28-20-16-21-29-35,36-30-22-17-23-31-36)33-25-14-12-10-8-6-4-2-1-3-5-7-9-11-13-24-32-37(39)40/h15-23,26-31H,1-14,24-25,32-33H2,(H,39,40). The molecule has 0 aliphatic heterocycles. The van der Waals surface area contributed by atoms with Crippen LogP contribution in [0.15, 0.2) is 91.0 Å². The fraction of sp³-hybridized carbons (Fsp3) is 0.486. The van der Waals surface area contributed by atoms with Crippen molar-refractivity contribution in [3.63, 3.8) is 0 Å². The summed E-state index contributed by atoms with van der Waals surface area (Å²) in [7, 11) is 0. The Morgan fingerprint density at radius 1 is 0.463 bits per heavy atom. The second kappa shape index (κ2) is 18.6. The summed E-state index contributed by atoms with van der Waals surface area (Å²) in [6.07, 6.45) is 21.9. The number of hydrogen-bond donors (Lipinski definition) is 1. The summed E-state index contributed by atoms with van der Waals surface area (Å²) in [4.78, 5) is 10.5. The van der Waals surface area contributed by atoms with Gasteiger partial charge < -0.3 is 5.11 Å². The molecule has 3 aromatic carbocycles. The summed E-state index contributed by atoms with van der Waals surface area (Å²) in [6, 6.07) is 33.5. The molecule has 0 saturated carbocycles. The zero-order valence-corrected chi connectivity index (χ0v) is 27.5. The van der Waals surface area contributed by atoms with E-state index in [0.29, 0.717) is 6.42 Å². The van der Waals surface area contributed by atoms with Gasteiger partial charge >= 0.3 is 210 Å². The van der Waals surface area contributed by atoms with Gasteiger partial charge in [0.05, 0.1) is 0 Å². The number of halogens is 1. The minimum absolute atomic E-state index is 0.329. The third-order valence-electron chi connectivity index (χ3n) is 8.60. The van der Waals surface area contributed by atoms with Gasteiger partial charge in [0, 0.05) is 6.42 Å². The van der Waals surface area contributed by atoms with Crippen LogP contribution in [0.3, 0.4) is 0 Å². The van der Waals surface area contributed by atoms with Crippen molar-refractivity contribution in [3.05, 3.63) is 91.0 Å². The molecule has 0 atom stereocenters. The summed E-state index contributed by atoms with van der Waals surface area (Å²) >= 11 is 4.58. The monoisotopic (exact) mass is 638 g/mol. The first-order chi connectivity index (χ1) is 20.1. The van der Waals surface area contributed by atoms with Crippen LogP contribution < -0.4 is 15.9 Å². The first-order valence-corrected chi connectivity index (χ1v) is 20.6. The van der Waals surface area contributed by atoms with Gasteiger partial charge in [-0.25, -0.2) is 0 Å². The predicted molar refractivity (Wildman–Crippen MR) is 185 cm³/mol. The Bertz CT molecular complexity index is 1000. The topological polar surface area (TPSA) is 37.3 Å². The van der Waals surface area contributed by atoms with Gasteiger partial charge in [0.2, 0.25) is 0 Å². The molecule has 41 heavy (non-hydrogen) atoms. The van der Waals surface area contributed by atoms with Crippen LogP contribution in [-0.4, -0.2) is 17.2 Å². The number of rotatable bonds is 22. The van der Waals surface area contributed by atoms with Gasteiger partial charge in [0.15, 0.2) is 0 Å². The number of aliphatic carboxylic acids is 1. The van der Waals surface area contributed by atoms with Gasteiger partial charge in [0.25, 0.3) is 0 Å². The number of carbonyl (C=O) groups is 1. The van der Waals surface area contributed by atoms with Crippen LogP contribution in [0, 0.1) is 0 Å². The van der Waals surface area contributed by atoms with Crippen LogP contribution in [0.4, 0.5) is 0 Å². The summed E-state index contributed by atoms with van der Waals surface area (Å²) < 4.78 is 0. The van der Waals surface area contributed by atoms with Crippen molar-refractivity contribution >= 4 is 42.7 Å². The normalized spacial score (nSPS) is 12.6. The van der Waals surface area contributed by atoms with E-state index >= 15 is 0 Å². The van der Waals surface area contributed by atoms with E-state index in [1.54, 1.807) is 0 Å². The molecule has 0 aliphatic carbocycles. The molecule has 0 amide bonds. The molecule has 0 aliphatic rings. The quantitative estimate of drug-likeness (QED) is 0.0878. The minimum atomic E-state index is -2.76. The van der Waals surface area contributed by atoms with E-state index in [1.807, 2.05) is 0 Å². The Morgan fingerprint density at radius 3 is 1.02 bits per heavy atom. The molecule has 3 rings (SSSR count). The molecule has 1 N–H and O–H groups in total. The van der Waals surface area contributed by atoms with Gasteiger partial charge in [-0.05, 0) is 6.42 Å². The average Bonchev–Trinajstić information content (AvgIpc) is 3.01. The van der Waals surface area contributed by atoms with Crippen LogP contribution >= 0.6 is 20.8 Å². The molecule has 2 nitrogen and oxygen atoms in total. The second-order valence-electron chi connectivity index (χ2n) is 11.7. The van der Waals surface area contributed by atoms with E-state index in [9.17, 15) is 4.79 Å². The van der Waals surface area contributed by atoms with E-state index < -0.39 is 11.3 Å². The number of carboxylic acids is 1. The van der Waals surface area contributed by atoms with Crippen LogP contribution in [0.1, 0.15) is 109 Å². The molecule has 0 fully saturated rings. The van der Waals surface area contributed by atoms with Crippen molar-refractivity contribution < 1.29 is 9.90 Å². The Morgan fingerprint density at radius 2 is 0.732 bits per heavy atom. The maximum atomic E-state index is 10.5. The maximum absolute atomic E-state index is 10.5. The first-order valence-electron chi connectivity index (χ1n) is 16.2. The predicted octanol–water partition coefficient (Wildman–Crippen LogP) is 10.5. The van der Waals surface area contributed by atoms with E-state index in [4.69, 9.17) is 5.11 Å². The number of hydrogen-bond acceptors (Lipinski definition) is 1. The average molecular weight is 640 g/mol. The molecule has 0 saturated heterocycles. The van der Waals surface area contributed by atoms with Gasteiger partial charge in [-0.2, -0.15) is 0 Å². The van der Waals surface area contributed by atoms with Crippen molar-refractivity contribution in [2.45, 2.75) is 109 Å². The molecule has 0 aromatic heterocycles. The fourth-order valence-corrected chi connectivity index (χ4v) is 14.0. The van der Waals surface area contributed by atoms with Crippen molar-refractivity contribution in [1.82, 2.24) is 0 Å². The summed E-state index contributed by atoms with van der Waals surface area (Å²) in [5.41, 5.74) is 0. The third kappa shape index (κ3) is 10.4. The van der Waals surface area contributed by atoms with E-state index in [-0.39, 0.29) is 0 Å². The first kappa shape index (κ1) is 33.5. The molecule has 4 heteroatoms. The number of unbranched alkanes of at least 4 members (excludes halogenated alkanes) is 15. The van der Waals surface area contributed by atoms with E-state index in [1.165, 1.54) is 106 Å². The molecule has 0 spiro atoms. The van der Waals surface area contributed by atoms with Crippen LogP contribution in [0.5, 0.6) is 0 Å². The SMILES string of the molecule is O=C(O)CCCCCCCCCCCCCCCCCCP(Br)(c1ccccc1)(c1ccccc1)c1ccccc1. The van der Waals surface area contributed by atoms with Gasteiger partial charge in [-0.15, -0.1) is 0 Å². The van der Waals surface area contributed by atoms with Crippen LogP contribution in [0.2, 0.25) is 0 Å². The van der Waals surface area contributed by atoms with Crippen molar-refractivity contribution in [2.75, 3.05) is 6.16 Å². The van der Waals surface area contributed by atoms with E-state index in [0.717, 1.165) is 19.0 Å². The van der Waals surface area contributed by atoms with Gasteiger partial charge in [-0.3, -0.25) is 4.79 Å². The molecule has 224 valence electrons. The Balaban J connectivity index is 1.37.